The molecule has 0 saturated carbocycles. The normalized spacial score (nSPS) is 11.5. The summed E-state index contributed by atoms with van der Waals surface area (Å²) >= 11 is 1.36. The van der Waals surface area contributed by atoms with Crippen LogP contribution < -0.4 is 4.90 Å². The molecule has 0 bridgehead atoms. The van der Waals surface area contributed by atoms with E-state index in [1.165, 1.54) is 28.4 Å². The van der Waals surface area contributed by atoms with Crippen molar-refractivity contribution in [2.24, 2.45) is 0 Å². The zero-order valence-corrected chi connectivity index (χ0v) is 17.9. The molecular weight excluding hydrogens is 437 g/mol. The fraction of sp³-hybridized carbons (Fsp3) is 0.136. The molecule has 0 aliphatic rings. The Bertz CT molecular complexity index is 1270. The molecular formula is C22H18FN3O3S2. The second-order valence-corrected chi connectivity index (χ2v) is 9.91. The maximum absolute atomic E-state index is 13.1. The Morgan fingerprint density at radius 3 is 2.45 bits per heavy atom. The summed E-state index contributed by atoms with van der Waals surface area (Å²) in [5.74, 6) is -1.29. The van der Waals surface area contributed by atoms with Crippen molar-refractivity contribution >= 4 is 42.4 Å². The minimum atomic E-state index is -3.73. The summed E-state index contributed by atoms with van der Waals surface area (Å²) in [5, 5.41) is 0.482. The average Bonchev–Trinajstić information content (AvgIpc) is 3.21. The predicted molar refractivity (Wildman–Crippen MR) is 118 cm³/mol. The maximum Gasteiger partial charge on any atom is 0.230 e. The number of fused-ring (bicyclic) bond motifs is 1. The van der Waals surface area contributed by atoms with Crippen molar-refractivity contribution in [2.75, 3.05) is 10.7 Å². The van der Waals surface area contributed by atoms with Crippen LogP contribution in [0.15, 0.2) is 77.8 Å². The first kappa shape index (κ1) is 21.1. The maximum atomic E-state index is 13.1. The zero-order valence-electron chi connectivity index (χ0n) is 16.3. The first-order valence-corrected chi connectivity index (χ1v) is 11.9. The molecule has 1 amide bonds. The van der Waals surface area contributed by atoms with Crippen LogP contribution >= 0.6 is 11.3 Å². The number of carbonyl (C=O) groups excluding carboxylic acids is 1. The van der Waals surface area contributed by atoms with Gasteiger partial charge in [-0.05, 0) is 48.5 Å². The van der Waals surface area contributed by atoms with Gasteiger partial charge in [0.15, 0.2) is 15.0 Å². The molecule has 0 unspecified atom stereocenters. The van der Waals surface area contributed by atoms with Crippen molar-refractivity contribution < 1.29 is 17.6 Å². The van der Waals surface area contributed by atoms with E-state index in [0.29, 0.717) is 10.8 Å². The smallest absolute Gasteiger partial charge is 0.230 e. The van der Waals surface area contributed by atoms with Crippen LogP contribution in [-0.2, 0) is 21.2 Å². The molecule has 0 radical (unpaired) electrons. The van der Waals surface area contributed by atoms with Gasteiger partial charge in [-0.25, -0.2) is 17.8 Å². The third-order valence-corrected chi connectivity index (χ3v) is 7.41. The van der Waals surface area contributed by atoms with Gasteiger partial charge in [0.1, 0.15) is 5.82 Å². The summed E-state index contributed by atoms with van der Waals surface area (Å²) in [7, 11) is -3.73. The molecule has 0 saturated heterocycles. The van der Waals surface area contributed by atoms with Gasteiger partial charge < -0.3 is 0 Å². The fourth-order valence-corrected chi connectivity index (χ4v) is 5.22. The molecule has 6 nitrogen and oxygen atoms in total. The van der Waals surface area contributed by atoms with Gasteiger partial charge in [0.05, 0.1) is 33.1 Å². The van der Waals surface area contributed by atoms with E-state index in [9.17, 15) is 17.6 Å². The molecule has 9 heteroatoms. The molecule has 4 aromatic rings. The van der Waals surface area contributed by atoms with Gasteiger partial charge in [-0.15, -0.1) is 0 Å². The lowest BCUT2D eigenvalue weighted by Gasteiger charge is -2.19. The fourth-order valence-electron chi connectivity index (χ4n) is 3.01. The number of hydrogen-bond acceptors (Lipinski definition) is 6. The van der Waals surface area contributed by atoms with Crippen molar-refractivity contribution in [1.82, 2.24) is 9.97 Å². The number of nitrogens with zero attached hydrogens (tertiary/aromatic N) is 3. The lowest BCUT2D eigenvalue weighted by atomic mass is 10.3. The molecule has 0 aliphatic heterocycles. The Kier molecular flexibility index (Phi) is 6.06. The lowest BCUT2D eigenvalue weighted by molar-refractivity contribution is -0.118. The summed E-state index contributed by atoms with van der Waals surface area (Å²) in [4.78, 5) is 23.4. The molecule has 2 aromatic heterocycles. The Hall–Kier alpha value is -3.17. The molecule has 31 heavy (non-hydrogen) atoms. The van der Waals surface area contributed by atoms with E-state index < -0.39 is 15.7 Å². The number of rotatable bonds is 7. The van der Waals surface area contributed by atoms with Gasteiger partial charge in [-0.1, -0.05) is 29.5 Å². The quantitative estimate of drug-likeness (QED) is 0.390. The van der Waals surface area contributed by atoms with Crippen molar-refractivity contribution in [3.05, 3.63) is 84.4 Å². The summed E-state index contributed by atoms with van der Waals surface area (Å²) in [6.45, 7) is 0.177. The van der Waals surface area contributed by atoms with Crippen LogP contribution in [0.25, 0.3) is 10.2 Å². The number of pyridine rings is 1. The van der Waals surface area contributed by atoms with Crippen LogP contribution in [0.1, 0.15) is 12.1 Å². The topological polar surface area (TPSA) is 80.2 Å². The number of aromatic nitrogens is 2. The molecule has 0 spiro atoms. The third-order valence-electron chi connectivity index (χ3n) is 4.62. The molecule has 2 heterocycles. The lowest BCUT2D eigenvalue weighted by Crippen LogP contribution is -2.32. The predicted octanol–water partition coefficient (Wildman–Crippen LogP) is 4.23. The van der Waals surface area contributed by atoms with E-state index in [1.54, 1.807) is 18.3 Å². The van der Waals surface area contributed by atoms with Crippen LogP contribution in [0.2, 0.25) is 0 Å². The first-order chi connectivity index (χ1) is 14.9. The Balaban J connectivity index is 1.58. The zero-order chi connectivity index (χ0) is 21.8. The highest BCUT2D eigenvalue weighted by molar-refractivity contribution is 7.91. The Morgan fingerprint density at radius 1 is 1.00 bits per heavy atom. The van der Waals surface area contributed by atoms with Gasteiger partial charge in [0, 0.05) is 12.6 Å². The van der Waals surface area contributed by atoms with E-state index in [-0.39, 0.29) is 29.5 Å². The summed E-state index contributed by atoms with van der Waals surface area (Å²) < 4.78 is 39.2. The van der Waals surface area contributed by atoms with Crippen molar-refractivity contribution in [2.45, 2.75) is 17.9 Å². The second-order valence-electron chi connectivity index (χ2n) is 6.79. The van der Waals surface area contributed by atoms with E-state index in [2.05, 4.69) is 9.97 Å². The average molecular weight is 456 g/mol. The van der Waals surface area contributed by atoms with Crippen LogP contribution in [0.3, 0.4) is 0 Å². The van der Waals surface area contributed by atoms with Crippen LogP contribution in [0.4, 0.5) is 9.52 Å². The summed E-state index contributed by atoms with van der Waals surface area (Å²) in [5.41, 5.74) is 1.43. The van der Waals surface area contributed by atoms with E-state index in [4.69, 9.17) is 0 Å². The number of thiazole rings is 1. The van der Waals surface area contributed by atoms with Crippen molar-refractivity contribution in [3.63, 3.8) is 0 Å². The van der Waals surface area contributed by atoms with Crippen LogP contribution in [0.5, 0.6) is 0 Å². The van der Waals surface area contributed by atoms with Gasteiger partial charge in [-0.2, -0.15) is 0 Å². The minimum absolute atomic E-state index is 0.0158. The Labute approximate surface area is 182 Å². The summed E-state index contributed by atoms with van der Waals surface area (Å²) in [6, 6.07) is 17.5. The number of carbonyl (C=O) groups is 1. The minimum Gasteiger partial charge on any atom is -0.282 e. The molecule has 0 aliphatic carbocycles. The van der Waals surface area contributed by atoms with Crippen LogP contribution in [-0.4, -0.2) is 30.0 Å². The van der Waals surface area contributed by atoms with Gasteiger partial charge >= 0.3 is 0 Å². The van der Waals surface area contributed by atoms with E-state index in [1.807, 2.05) is 30.3 Å². The Morgan fingerprint density at radius 2 is 1.74 bits per heavy atom. The molecule has 0 atom stereocenters. The molecule has 0 N–H and O–H groups in total. The highest BCUT2D eigenvalue weighted by Gasteiger charge is 2.24. The highest BCUT2D eigenvalue weighted by atomic mass is 32.2. The molecule has 0 fully saturated rings. The number of para-hydroxylation sites is 1. The first-order valence-electron chi connectivity index (χ1n) is 9.46. The number of sulfone groups is 1. The number of halogens is 1. The van der Waals surface area contributed by atoms with Crippen molar-refractivity contribution in [3.8, 4) is 0 Å². The van der Waals surface area contributed by atoms with Gasteiger partial charge in [-0.3, -0.25) is 14.7 Å². The van der Waals surface area contributed by atoms with Crippen molar-refractivity contribution in [1.29, 1.82) is 0 Å². The number of benzene rings is 2. The number of hydrogen-bond donors (Lipinski definition) is 0. The molecule has 4 rings (SSSR count). The van der Waals surface area contributed by atoms with Crippen LogP contribution in [0, 0.1) is 5.82 Å². The van der Waals surface area contributed by atoms with Gasteiger partial charge in [0.2, 0.25) is 5.91 Å². The number of anilines is 1. The molecule has 2 aromatic carbocycles. The summed E-state index contributed by atoms with van der Waals surface area (Å²) in [6.07, 6.45) is 1.40. The largest absolute Gasteiger partial charge is 0.282 e. The third kappa shape index (κ3) is 4.95. The van der Waals surface area contributed by atoms with Gasteiger partial charge in [0.25, 0.3) is 0 Å². The van der Waals surface area contributed by atoms with E-state index in [0.717, 1.165) is 22.3 Å². The SMILES string of the molecule is O=C(CCS(=O)(=O)c1ccc(F)cc1)N(Cc1ccccn1)c1nc2ccccc2s1. The second kappa shape index (κ2) is 8.91. The highest BCUT2D eigenvalue weighted by Crippen LogP contribution is 2.30. The monoisotopic (exact) mass is 455 g/mol. The standard InChI is InChI=1S/C22H18FN3O3S2/c23-16-8-10-18(11-9-16)31(28,29)14-12-21(27)26(15-17-5-3-4-13-24-17)22-25-19-6-1-2-7-20(19)30-22/h1-11,13H,12,14-15H2. The molecule has 158 valence electrons. The van der Waals surface area contributed by atoms with E-state index >= 15 is 0 Å². The number of amides is 1.